The molecule has 17 heavy (non-hydrogen) atoms. The first kappa shape index (κ1) is 12.9. The molecule has 0 bridgehead atoms. The summed E-state index contributed by atoms with van der Waals surface area (Å²) in [7, 11) is 0. The van der Waals surface area contributed by atoms with Crippen molar-refractivity contribution in [2.24, 2.45) is 11.3 Å². The minimum Gasteiger partial charge on any atom is -0.353 e. The minimum absolute atomic E-state index is 0.213. The molecule has 98 valence electrons. The summed E-state index contributed by atoms with van der Waals surface area (Å²) in [5.74, 6) is 0.946. The van der Waals surface area contributed by atoms with Crippen LogP contribution in [0.25, 0.3) is 0 Å². The van der Waals surface area contributed by atoms with Crippen molar-refractivity contribution < 1.29 is 4.79 Å². The number of hydrogen-bond acceptors (Lipinski definition) is 2. The Morgan fingerprint density at radius 1 is 1.29 bits per heavy atom. The van der Waals surface area contributed by atoms with E-state index in [1.165, 1.54) is 25.7 Å². The highest BCUT2D eigenvalue weighted by Crippen LogP contribution is 2.40. The van der Waals surface area contributed by atoms with Gasteiger partial charge in [-0.05, 0) is 37.0 Å². The zero-order valence-electron chi connectivity index (χ0n) is 11.4. The fraction of sp³-hybridized carbons (Fsp3) is 0.929. The summed E-state index contributed by atoms with van der Waals surface area (Å²) in [6.07, 6.45) is 5.50. The van der Waals surface area contributed by atoms with Crippen molar-refractivity contribution in [2.75, 3.05) is 6.54 Å². The lowest BCUT2D eigenvalue weighted by Crippen LogP contribution is -2.35. The summed E-state index contributed by atoms with van der Waals surface area (Å²) in [5.41, 5.74) is 0.466. The average molecular weight is 238 g/mol. The molecule has 0 spiro atoms. The summed E-state index contributed by atoms with van der Waals surface area (Å²) in [6.45, 7) is 7.82. The molecule has 2 aliphatic rings. The Kier molecular flexibility index (Phi) is 3.76. The first-order valence-corrected chi connectivity index (χ1v) is 6.99. The summed E-state index contributed by atoms with van der Waals surface area (Å²) in [6, 6.07) is 1.09. The highest BCUT2D eigenvalue weighted by atomic mass is 16.1. The molecule has 3 heteroatoms. The first-order chi connectivity index (χ1) is 7.96. The SMILES string of the molecule is CC1CC(C)(C)CC1NCCC(=O)NC1CC1. The highest BCUT2D eigenvalue weighted by Gasteiger charge is 2.36. The predicted molar refractivity (Wildman–Crippen MR) is 69.8 cm³/mol. The molecule has 2 unspecified atom stereocenters. The highest BCUT2D eigenvalue weighted by molar-refractivity contribution is 5.76. The van der Waals surface area contributed by atoms with Crippen LogP contribution in [0.3, 0.4) is 0 Å². The van der Waals surface area contributed by atoms with Crippen LogP contribution < -0.4 is 10.6 Å². The molecule has 2 saturated carbocycles. The molecule has 1 amide bonds. The quantitative estimate of drug-likeness (QED) is 0.770. The minimum atomic E-state index is 0.213. The van der Waals surface area contributed by atoms with E-state index >= 15 is 0 Å². The van der Waals surface area contributed by atoms with Gasteiger partial charge in [-0.15, -0.1) is 0 Å². The van der Waals surface area contributed by atoms with Crippen LogP contribution in [0.1, 0.15) is 52.9 Å². The zero-order valence-corrected chi connectivity index (χ0v) is 11.4. The van der Waals surface area contributed by atoms with E-state index in [9.17, 15) is 4.79 Å². The predicted octanol–water partition coefficient (Wildman–Crippen LogP) is 2.07. The lowest BCUT2D eigenvalue weighted by molar-refractivity contribution is -0.121. The van der Waals surface area contributed by atoms with Crippen LogP contribution in [0.4, 0.5) is 0 Å². The second-order valence-corrected chi connectivity index (χ2v) is 6.70. The number of hydrogen-bond donors (Lipinski definition) is 2. The molecule has 3 nitrogen and oxygen atoms in total. The maximum absolute atomic E-state index is 11.5. The van der Waals surface area contributed by atoms with Gasteiger partial charge in [-0.3, -0.25) is 4.79 Å². The Labute approximate surface area is 105 Å². The molecule has 0 aromatic heterocycles. The Morgan fingerprint density at radius 2 is 2.00 bits per heavy atom. The van der Waals surface area contributed by atoms with E-state index in [2.05, 4.69) is 31.4 Å². The standard InChI is InChI=1S/C14H26N2O/c1-10-8-14(2,3)9-12(10)15-7-6-13(17)16-11-4-5-11/h10-12,15H,4-9H2,1-3H3,(H,16,17). The van der Waals surface area contributed by atoms with E-state index in [0.717, 1.165) is 12.5 Å². The van der Waals surface area contributed by atoms with E-state index in [-0.39, 0.29) is 5.91 Å². The van der Waals surface area contributed by atoms with Crippen molar-refractivity contribution in [1.82, 2.24) is 10.6 Å². The molecule has 0 radical (unpaired) electrons. The van der Waals surface area contributed by atoms with Gasteiger partial charge in [0.1, 0.15) is 0 Å². The van der Waals surface area contributed by atoms with Gasteiger partial charge in [-0.25, -0.2) is 0 Å². The van der Waals surface area contributed by atoms with Crippen molar-refractivity contribution in [1.29, 1.82) is 0 Å². The molecule has 0 aromatic carbocycles. The maximum Gasteiger partial charge on any atom is 0.221 e. The normalized spacial score (nSPS) is 31.5. The lowest BCUT2D eigenvalue weighted by Gasteiger charge is -2.18. The van der Waals surface area contributed by atoms with E-state index in [1.807, 2.05) is 0 Å². The van der Waals surface area contributed by atoms with E-state index < -0.39 is 0 Å². The summed E-state index contributed by atoms with van der Waals surface area (Å²) < 4.78 is 0. The number of carbonyl (C=O) groups is 1. The second kappa shape index (κ2) is 4.97. The van der Waals surface area contributed by atoms with Gasteiger partial charge >= 0.3 is 0 Å². The van der Waals surface area contributed by atoms with Crippen LogP contribution in [0.15, 0.2) is 0 Å². The van der Waals surface area contributed by atoms with Crippen molar-refractivity contribution in [3.63, 3.8) is 0 Å². The Bertz CT molecular complexity index is 284. The Morgan fingerprint density at radius 3 is 2.53 bits per heavy atom. The number of carbonyl (C=O) groups excluding carboxylic acids is 1. The van der Waals surface area contributed by atoms with Gasteiger partial charge < -0.3 is 10.6 Å². The van der Waals surface area contributed by atoms with Gasteiger partial charge in [0.05, 0.1) is 0 Å². The lowest BCUT2D eigenvalue weighted by atomic mass is 9.91. The van der Waals surface area contributed by atoms with Gasteiger partial charge in [-0.2, -0.15) is 0 Å². The van der Waals surface area contributed by atoms with Crippen LogP contribution in [0.2, 0.25) is 0 Å². The van der Waals surface area contributed by atoms with Gasteiger partial charge in [0.25, 0.3) is 0 Å². The van der Waals surface area contributed by atoms with Crippen molar-refractivity contribution in [3.8, 4) is 0 Å². The number of amides is 1. The van der Waals surface area contributed by atoms with Crippen LogP contribution in [0.5, 0.6) is 0 Å². The molecule has 2 N–H and O–H groups in total. The zero-order chi connectivity index (χ0) is 12.5. The Hall–Kier alpha value is -0.570. The molecule has 2 aliphatic carbocycles. The largest absolute Gasteiger partial charge is 0.353 e. The number of rotatable bonds is 5. The monoisotopic (exact) mass is 238 g/mol. The van der Waals surface area contributed by atoms with Crippen molar-refractivity contribution in [3.05, 3.63) is 0 Å². The molecule has 0 aliphatic heterocycles. The summed E-state index contributed by atoms with van der Waals surface area (Å²) in [5, 5.41) is 6.58. The van der Waals surface area contributed by atoms with Crippen LogP contribution in [-0.2, 0) is 4.79 Å². The summed E-state index contributed by atoms with van der Waals surface area (Å²) in [4.78, 5) is 11.5. The maximum atomic E-state index is 11.5. The first-order valence-electron chi connectivity index (χ1n) is 6.99. The smallest absolute Gasteiger partial charge is 0.221 e. The van der Waals surface area contributed by atoms with Crippen LogP contribution in [-0.4, -0.2) is 24.5 Å². The molecule has 0 saturated heterocycles. The fourth-order valence-corrected chi connectivity index (χ4v) is 3.07. The van der Waals surface area contributed by atoms with E-state index in [4.69, 9.17) is 0 Å². The van der Waals surface area contributed by atoms with E-state index in [1.54, 1.807) is 0 Å². The van der Waals surface area contributed by atoms with Gasteiger partial charge in [0.2, 0.25) is 5.91 Å². The van der Waals surface area contributed by atoms with Crippen molar-refractivity contribution >= 4 is 5.91 Å². The van der Waals surface area contributed by atoms with Crippen molar-refractivity contribution in [2.45, 2.75) is 65.0 Å². The fourth-order valence-electron chi connectivity index (χ4n) is 3.07. The molecule has 0 aromatic rings. The third-order valence-corrected chi connectivity index (χ3v) is 4.03. The molecule has 2 fully saturated rings. The molecular weight excluding hydrogens is 212 g/mol. The molecular formula is C14H26N2O. The van der Waals surface area contributed by atoms with Crippen LogP contribution in [0, 0.1) is 11.3 Å². The Balaban J connectivity index is 1.63. The van der Waals surface area contributed by atoms with E-state index in [0.29, 0.717) is 23.9 Å². The molecule has 2 atom stereocenters. The van der Waals surface area contributed by atoms with Gasteiger partial charge in [0.15, 0.2) is 0 Å². The van der Waals surface area contributed by atoms with Gasteiger partial charge in [0, 0.05) is 25.0 Å². The third-order valence-electron chi connectivity index (χ3n) is 4.03. The average Bonchev–Trinajstić information content (AvgIpc) is 2.94. The third kappa shape index (κ3) is 3.98. The molecule has 0 heterocycles. The number of nitrogens with one attached hydrogen (secondary N) is 2. The second-order valence-electron chi connectivity index (χ2n) is 6.70. The van der Waals surface area contributed by atoms with Gasteiger partial charge in [-0.1, -0.05) is 20.8 Å². The molecule has 2 rings (SSSR count). The van der Waals surface area contributed by atoms with Crippen LogP contribution >= 0.6 is 0 Å². The summed E-state index contributed by atoms with van der Waals surface area (Å²) >= 11 is 0. The topological polar surface area (TPSA) is 41.1 Å².